The number of phenolic OH excluding ortho intramolecular Hbond substituents is 1. The van der Waals surface area contributed by atoms with Crippen LogP contribution in [-0.4, -0.2) is 29.3 Å². The standard InChI is InChI=1S/C17H24O5/c1-10(2)21-16(19)8-13-7-15(18)14(6-12(13)5)9-17(20)22-11(3)4/h6-7,10-11,18H,8-9H2,1-5H3. The van der Waals surface area contributed by atoms with Crippen LogP contribution in [-0.2, 0) is 31.9 Å². The van der Waals surface area contributed by atoms with Gasteiger partial charge in [0.1, 0.15) is 5.75 Å². The zero-order valence-corrected chi connectivity index (χ0v) is 13.8. The Morgan fingerprint density at radius 2 is 1.41 bits per heavy atom. The third-order valence-corrected chi connectivity index (χ3v) is 2.94. The van der Waals surface area contributed by atoms with E-state index in [4.69, 9.17) is 9.47 Å². The average molecular weight is 308 g/mol. The van der Waals surface area contributed by atoms with Gasteiger partial charge in [-0.15, -0.1) is 0 Å². The lowest BCUT2D eigenvalue weighted by Gasteiger charge is -2.13. The highest BCUT2D eigenvalue weighted by Gasteiger charge is 2.15. The van der Waals surface area contributed by atoms with Crippen molar-refractivity contribution < 1.29 is 24.2 Å². The third kappa shape index (κ3) is 5.76. The van der Waals surface area contributed by atoms with E-state index in [2.05, 4.69) is 0 Å². The highest BCUT2D eigenvalue weighted by atomic mass is 16.5. The van der Waals surface area contributed by atoms with Gasteiger partial charge < -0.3 is 14.6 Å². The lowest BCUT2D eigenvalue weighted by Crippen LogP contribution is -2.15. The highest BCUT2D eigenvalue weighted by Crippen LogP contribution is 2.24. The number of aryl methyl sites for hydroxylation is 1. The van der Waals surface area contributed by atoms with E-state index in [0.717, 1.165) is 5.56 Å². The third-order valence-electron chi connectivity index (χ3n) is 2.94. The summed E-state index contributed by atoms with van der Waals surface area (Å²) in [6.45, 7) is 8.94. The molecule has 0 aliphatic rings. The molecule has 0 bridgehead atoms. The molecule has 0 fully saturated rings. The lowest BCUT2D eigenvalue weighted by molar-refractivity contribution is -0.147. The monoisotopic (exact) mass is 308 g/mol. The first-order valence-electron chi connectivity index (χ1n) is 7.39. The van der Waals surface area contributed by atoms with Gasteiger partial charge in [0.25, 0.3) is 0 Å². The van der Waals surface area contributed by atoms with Crippen molar-refractivity contribution in [3.05, 3.63) is 28.8 Å². The number of benzene rings is 1. The summed E-state index contributed by atoms with van der Waals surface area (Å²) in [6.07, 6.45) is -0.275. The Hall–Kier alpha value is -2.04. The Morgan fingerprint density at radius 3 is 1.86 bits per heavy atom. The summed E-state index contributed by atoms with van der Waals surface area (Å²) < 4.78 is 10.2. The molecule has 0 aromatic heterocycles. The summed E-state index contributed by atoms with van der Waals surface area (Å²) in [6, 6.07) is 3.21. The van der Waals surface area contributed by atoms with Crippen molar-refractivity contribution in [2.45, 2.75) is 59.7 Å². The fourth-order valence-corrected chi connectivity index (χ4v) is 2.05. The van der Waals surface area contributed by atoms with Crippen molar-refractivity contribution in [2.24, 2.45) is 0 Å². The molecule has 0 atom stereocenters. The van der Waals surface area contributed by atoms with Crippen molar-refractivity contribution >= 4 is 11.9 Å². The predicted octanol–water partition coefficient (Wildman–Crippen LogP) is 2.69. The van der Waals surface area contributed by atoms with Crippen LogP contribution in [0, 0.1) is 6.92 Å². The van der Waals surface area contributed by atoms with Crippen LogP contribution in [0.3, 0.4) is 0 Å². The van der Waals surface area contributed by atoms with Gasteiger partial charge in [-0.25, -0.2) is 0 Å². The second-order valence-electron chi connectivity index (χ2n) is 5.84. The summed E-state index contributed by atoms with van der Waals surface area (Å²) in [5, 5.41) is 10.0. The fraction of sp³-hybridized carbons (Fsp3) is 0.529. The number of carbonyl (C=O) groups is 2. The summed E-state index contributed by atoms with van der Waals surface area (Å²) in [7, 11) is 0. The molecule has 0 unspecified atom stereocenters. The molecule has 0 radical (unpaired) electrons. The summed E-state index contributed by atoms with van der Waals surface area (Å²) in [5.74, 6) is -0.750. The smallest absolute Gasteiger partial charge is 0.310 e. The number of esters is 2. The number of rotatable bonds is 6. The summed E-state index contributed by atoms with van der Waals surface area (Å²) in [5.41, 5.74) is 2.00. The Kier molecular flexibility index (Phi) is 6.40. The molecule has 1 aromatic carbocycles. The van der Waals surface area contributed by atoms with E-state index in [1.807, 2.05) is 6.92 Å². The minimum absolute atomic E-state index is 0.00156. The van der Waals surface area contributed by atoms with Crippen LogP contribution < -0.4 is 0 Å². The molecule has 1 aromatic rings. The second-order valence-corrected chi connectivity index (χ2v) is 5.84. The number of hydrogen-bond acceptors (Lipinski definition) is 5. The molecular formula is C17H24O5. The van der Waals surface area contributed by atoms with E-state index in [0.29, 0.717) is 11.1 Å². The molecule has 1 N–H and O–H groups in total. The first kappa shape index (κ1) is 18.0. The van der Waals surface area contributed by atoms with Gasteiger partial charge in [0, 0.05) is 5.56 Å². The highest BCUT2D eigenvalue weighted by molar-refractivity contribution is 5.75. The van der Waals surface area contributed by atoms with Gasteiger partial charge in [-0.05, 0) is 51.8 Å². The number of phenols is 1. The maximum absolute atomic E-state index is 11.7. The summed E-state index contributed by atoms with van der Waals surface area (Å²) in [4.78, 5) is 23.4. The van der Waals surface area contributed by atoms with Crippen LogP contribution in [0.4, 0.5) is 0 Å². The quantitative estimate of drug-likeness (QED) is 0.818. The van der Waals surface area contributed by atoms with E-state index in [1.165, 1.54) is 6.07 Å². The van der Waals surface area contributed by atoms with Crippen LogP contribution in [0.25, 0.3) is 0 Å². The molecule has 0 aliphatic carbocycles. The maximum atomic E-state index is 11.7. The van der Waals surface area contributed by atoms with Crippen molar-refractivity contribution in [3.63, 3.8) is 0 Å². The molecule has 5 nitrogen and oxygen atoms in total. The molecule has 0 amide bonds. The Bertz CT molecular complexity index is 496. The fourth-order valence-electron chi connectivity index (χ4n) is 2.05. The number of ether oxygens (including phenoxy) is 2. The Labute approximate surface area is 131 Å². The molecular weight excluding hydrogens is 284 g/mol. The molecule has 0 heterocycles. The van der Waals surface area contributed by atoms with E-state index in [-0.39, 0.29) is 36.8 Å². The molecule has 0 spiro atoms. The van der Waals surface area contributed by atoms with Crippen molar-refractivity contribution in [1.29, 1.82) is 0 Å². The molecule has 122 valence electrons. The van der Waals surface area contributed by atoms with Gasteiger partial charge in [-0.1, -0.05) is 6.07 Å². The van der Waals surface area contributed by atoms with Gasteiger partial charge in [0.05, 0.1) is 25.0 Å². The minimum Gasteiger partial charge on any atom is -0.508 e. The maximum Gasteiger partial charge on any atom is 0.310 e. The Morgan fingerprint density at radius 1 is 0.955 bits per heavy atom. The van der Waals surface area contributed by atoms with Crippen LogP contribution >= 0.6 is 0 Å². The summed E-state index contributed by atoms with van der Waals surface area (Å²) >= 11 is 0. The molecule has 0 saturated carbocycles. The van der Waals surface area contributed by atoms with Gasteiger partial charge in [-0.3, -0.25) is 9.59 Å². The van der Waals surface area contributed by atoms with Crippen molar-refractivity contribution in [2.75, 3.05) is 0 Å². The molecule has 0 saturated heterocycles. The normalized spacial score (nSPS) is 10.9. The SMILES string of the molecule is Cc1cc(CC(=O)OC(C)C)c(O)cc1CC(=O)OC(C)C. The van der Waals surface area contributed by atoms with Gasteiger partial charge in [-0.2, -0.15) is 0 Å². The van der Waals surface area contributed by atoms with E-state index in [9.17, 15) is 14.7 Å². The first-order chi connectivity index (χ1) is 10.2. The zero-order chi connectivity index (χ0) is 16.9. The van der Waals surface area contributed by atoms with Crippen molar-refractivity contribution in [3.8, 4) is 5.75 Å². The number of hydrogen-bond donors (Lipinski definition) is 1. The van der Waals surface area contributed by atoms with Crippen LogP contribution in [0.15, 0.2) is 12.1 Å². The largest absolute Gasteiger partial charge is 0.508 e. The molecule has 0 aliphatic heterocycles. The van der Waals surface area contributed by atoms with Crippen LogP contribution in [0.2, 0.25) is 0 Å². The first-order valence-corrected chi connectivity index (χ1v) is 7.39. The van der Waals surface area contributed by atoms with Crippen LogP contribution in [0.1, 0.15) is 44.4 Å². The van der Waals surface area contributed by atoms with E-state index < -0.39 is 5.97 Å². The number of carbonyl (C=O) groups excluding carboxylic acids is 2. The topological polar surface area (TPSA) is 72.8 Å². The lowest BCUT2D eigenvalue weighted by atomic mass is 10.00. The molecule has 1 rings (SSSR count). The zero-order valence-electron chi connectivity index (χ0n) is 13.8. The number of aromatic hydroxyl groups is 1. The Balaban J connectivity index is 2.83. The minimum atomic E-state index is -0.392. The van der Waals surface area contributed by atoms with Crippen molar-refractivity contribution in [1.82, 2.24) is 0 Å². The van der Waals surface area contributed by atoms with Gasteiger partial charge in [0.2, 0.25) is 0 Å². The van der Waals surface area contributed by atoms with Crippen LogP contribution in [0.5, 0.6) is 5.75 Å². The predicted molar refractivity (Wildman–Crippen MR) is 82.7 cm³/mol. The molecule has 22 heavy (non-hydrogen) atoms. The average Bonchev–Trinajstić information content (AvgIpc) is 2.33. The van der Waals surface area contributed by atoms with Gasteiger partial charge in [0.15, 0.2) is 0 Å². The molecule has 5 heteroatoms. The van der Waals surface area contributed by atoms with E-state index >= 15 is 0 Å². The van der Waals surface area contributed by atoms with E-state index in [1.54, 1.807) is 33.8 Å². The van der Waals surface area contributed by atoms with Gasteiger partial charge >= 0.3 is 11.9 Å². The second kappa shape index (κ2) is 7.82.